The van der Waals surface area contributed by atoms with Crippen LogP contribution in [0.3, 0.4) is 0 Å². The van der Waals surface area contributed by atoms with Crippen molar-refractivity contribution >= 4 is 15.9 Å². The van der Waals surface area contributed by atoms with Gasteiger partial charge in [0.1, 0.15) is 5.82 Å². The van der Waals surface area contributed by atoms with E-state index in [0.29, 0.717) is 0 Å². The second-order valence-electron chi connectivity index (χ2n) is 3.36. The zero-order chi connectivity index (χ0) is 10.7. The molecule has 1 aromatic heterocycles. The molecule has 2 aromatic rings. The molecule has 1 aromatic carbocycles. The van der Waals surface area contributed by atoms with E-state index in [-0.39, 0.29) is 10.6 Å². The largest absolute Gasteiger partial charge is 0.472 e. The molecule has 0 saturated carbocycles. The van der Waals surface area contributed by atoms with E-state index in [1.807, 2.05) is 12.1 Å². The van der Waals surface area contributed by atoms with Crippen molar-refractivity contribution in [1.29, 1.82) is 0 Å². The summed E-state index contributed by atoms with van der Waals surface area (Å²) in [7, 11) is 0. The maximum atomic E-state index is 12.9. The number of furan rings is 1. The Morgan fingerprint density at radius 2 is 2.20 bits per heavy atom. The van der Waals surface area contributed by atoms with Crippen LogP contribution in [0.4, 0.5) is 4.39 Å². The Hall–Kier alpha value is -1.09. The Morgan fingerprint density at radius 1 is 1.33 bits per heavy atom. The Kier molecular flexibility index (Phi) is 3.21. The minimum Gasteiger partial charge on any atom is -0.472 e. The Morgan fingerprint density at radius 3 is 2.87 bits per heavy atom. The first kappa shape index (κ1) is 10.4. The first-order valence-corrected chi connectivity index (χ1v) is 5.58. The lowest BCUT2D eigenvalue weighted by atomic mass is 10.1. The van der Waals surface area contributed by atoms with Gasteiger partial charge in [-0.15, -0.1) is 0 Å². The van der Waals surface area contributed by atoms with E-state index in [0.717, 1.165) is 17.5 Å². The van der Waals surface area contributed by atoms with Gasteiger partial charge in [-0.25, -0.2) is 4.39 Å². The SMILES string of the molecule is Fc1cccc(CC(Br)c2ccoc2)c1. The molecule has 0 N–H and O–H groups in total. The zero-order valence-corrected chi connectivity index (χ0v) is 9.58. The van der Waals surface area contributed by atoms with Crippen LogP contribution in [0.1, 0.15) is 16.0 Å². The van der Waals surface area contributed by atoms with E-state index in [1.165, 1.54) is 6.07 Å². The molecule has 0 saturated heterocycles. The minimum absolute atomic E-state index is 0.165. The molecule has 0 bridgehead atoms. The van der Waals surface area contributed by atoms with Crippen molar-refractivity contribution in [3.8, 4) is 0 Å². The van der Waals surface area contributed by atoms with E-state index in [4.69, 9.17) is 4.42 Å². The molecular weight excluding hydrogens is 259 g/mol. The van der Waals surface area contributed by atoms with Gasteiger partial charge < -0.3 is 4.42 Å². The third-order valence-electron chi connectivity index (χ3n) is 2.21. The van der Waals surface area contributed by atoms with Crippen LogP contribution in [0.15, 0.2) is 47.3 Å². The molecule has 1 nitrogen and oxygen atoms in total. The van der Waals surface area contributed by atoms with Gasteiger partial charge >= 0.3 is 0 Å². The van der Waals surface area contributed by atoms with E-state index in [2.05, 4.69) is 15.9 Å². The smallest absolute Gasteiger partial charge is 0.123 e. The third-order valence-corrected chi connectivity index (χ3v) is 3.06. The third kappa shape index (κ3) is 2.69. The Bertz CT molecular complexity index is 425. The molecule has 1 atom stereocenters. The average Bonchev–Trinajstić information content (AvgIpc) is 2.70. The summed E-state index contributed by atoms with van der Waals surface area (Å²) in [6, 6.07) is 8.54. The highest BCUT2D eigenvalue weighted by atomic mass is 79.9. The van der Waals surface area contributed by atoms with E-state index < -0.39 is 0 Å². The van der Waals surface area contributed by atoms with Crippen molar-refractivity contribution in [3.63, 3.8) is 0 Å². The zero-order valence-electron chi connectivity index (χ0n) is 7.99. The van der Waals surface area contributed by atoms with E-state index >= 15 is 0 Å². The highest BCUT2D eigenvalue weighted by molar-refractivity contribution is 9.09. The highest BCUT2D eigenvalue weighted by Crippen LogP contribution is 2.27. The fourth-order valence-corrected chi connectivity index (χ4v) is 2.08. The van der Waals surface area contributed by atoms with E-state index in [1.54, 1.807) is 24.7 Å². The normalized spacial score (nSPS) is 12.7. The maximum absolute atomic E-state index is 12.9. The number of rotatable bonds is 3. The molecule has 78 valence electrons. The molecule has 0 aliphatic heterocycles. The summed E-state index contributed by atoms with van der Waals surface area (Å²) in [6.07, 6.45) is 4.07. The van der Waals surface area contributed by atoms with Gasteiger partial charge in [-0.1, -0.05) is 28.1 Å². The lowest BCUT2D eigenvalue weighted by Crippen LogP contribution is -1.94. The Balaban J connectivity index is 2.09. The number of benzene rings is 1. The number of halogens is 2. The van der Waals surface area contributed by atoms with Crippen molar-refractivity contribution in [1.82, 2.24) is 0 Å². The second-order valence-corrected chi connectivity index (χ2v) is 4.46. The number of alkyl halides is 1. The molecule has 0 fully saturated rings. The van der Waals surface area contributed by atoms with Gasteiger partial charge in [0.15, 0.2) is 0 Å². The topological polar surface area (TPSA) is 13.1 Å². The molecule has 0 aliphatic rings. The first-order chi connectivity index (χ1) is 7.25. The summed E-state index contributed by atoms with van der Waals surface area (Å²) < 4.78 is 17.9. The van der Waals surface area contributed by atoms with Gasteiger partial charge in [0.05, 0.1) is 12.5 Å². The molecule has 3 heteroatoms. The molecular formula is C12H10BrFO. The second kappa shape index (κ2) is 4.62. The van der Waals surface area contributed by atoms with Crippen LogP contribution in [0, 0.1) is 5.82 Å². The maximum Gasteiger partial charge on any atom is 0.123 e. The van der Waals surface area contributed by atoms with Crippen LogP contribution in [-0.4, -0.2) is 0 Å². The quantitative estimate of drug-likeness (QED) is 0.764. The summed E-state index contributed by atoms with van der Waals surface area (Å²) in [5, 5.41) is 0. The summed E-state index contributed by atoms with van der Waals surface area (Å²) in [5.41, 5.74) is 2.04. The van der Waals surface area contributed by atoms with E-state index in [9.17, 15) is 4.39 Å². The molecule has 1 unspecified atom stereocenters. The Labute approximate surface area is 96.0 Å². The predicted molar refractivity (Wildman–Crippen MR) is 60.5 cm³/mol. The number of hydrogen-bond acceptors (Lipinski definition) is 1. The first-order valence-electron chi connectivity index (χ1n) is 4.66. The van der Waals surface area contributed by atoms with Crippen molar-refractivity contribution in [3.05, 3.63) is 59.8 Å². The molecule has 0 spiro atoms. The van der Waals surface area contributed by atoms with Crippen LogP contribution in [0.5, 0.6) is 0 Å². The summed E-state index contributed by atoms with van der Waals surface area (Å²) >= 11 is 3.54. The molecule has 15 heavy (non-hydrogen) atoms. The highest BCUT2D eigenvalue weighted by Gasteiger charge is 2.09. The lowest BCUT2D eigenvalue weighted by molar-refractivity contribution is 0.563. The minimum atomic E-state index is -0.195. The molecule has 0 aliphatic carbocycles. The standard InChI is InChI=1S/C12H10BrFO/c13-12(10-4-5-15-8-10)7-9-2-1-3-11(14)6-9/h1-6,8,12H,7H2. The fraction of sp³-hybridized carbons (Fsp3) is 0.167. The number of hydrogen-bond donors (Lipinski definition) is 0. The van der Waals surface area contributed by atoms with Gasteiger partial charge in [0, 0.05) is 10.4 Å². The van der Waals surface area contributed by atoms with Crippen LogP contribution in [0.25, 0.3) is 0 Å². The van der Waals surface area contributed by atoms with Gasteiger partial charge in [0.25, 0.3) is 0 Å². The van der Waals surface area contributed by atoms with Crippen LogP contribution >= 0.6 is 15.9 Å². The van der Waals surface area contributed by atoms with Crippen LogP contribution in [-0.2, 0) is 6.42 Å². The predicted octanol–water partition coefficient (Wildman–Crippen LogP) is 4.10. The molecule has 1 heterocycles. The van der Waals surface area contributed by atoms with Gasteiger partial charge in [-0.2, -0.15) is 0 Å². The average molecular weight is 269 g/mol. The van der Waals surface area contributed by atoms with Crippen molar-refractivity contribution in [2.75, 3.05) is 0 Å². The van der Waals surface area contributed by atoms with Gasteiger partial charge in [-0.3, -0.25) is 0 Å². The monoisotopic (exact) mass is 268 g/mol. The molecule has 0 amide bonds. The van der Waals surface area contributed by atoms with Gasteiger partial charge in [-0.05, 0) is 30.2 Å². The fourth-order valence-electron chi connectivity index (χ4n) is 1.44. The summed E-state index contributed by atoms with van der Waals surface area (Å²) in [4.78, 5) is 0.165. The van der Waals surface area contributed by atoms with Crippen molar-refractivity contribution in [2.45, 2.75) is 11.2 Å². The van der Waals surface area contributed by atoms with Crippen LogP contribution in [0.2, 0.25) is 0 Å². The van der Waals surface area contributed by atoms with Crippen molar-refractivity contribution in [2.24, 2.45) is 0 Å². The van der Waals surface area contributed by atoms with Gasteiger partial charge in [0.2, 0.25) is 0 Å². The molecule has 2 rings (SSSR count). The molecule has 0 radical (unpaired) electrons. The summed E-state index contributed by atoms with van der Waals surface area (Å²) in [6.45, 7) is 0. The van der Waals surface area contributed by atoms with Crippen molar-refractivity contribution < 1.29 is 8.81 Å². The lowest BCUT2D eigenvalue weighted by Gasteiger charge is -2.07. The summed E-state index contributed by atoms with van der Waals surface area (Å²) in [5.74, 6) is -0.195. The van der Waals surface area contributed by atoms with Crippen LogP contribution < -0.4 is 0 Å².